The van der Waals surface area contributed by atoms with E-state index >= 15 is 0 Å². The van der Waals surface area contributed by atoms with Crippen LogP contribution < -0.4 is 10.6 Å². The molecular weight excluding hydrogens is 388 g/mol. The fourth-order valence-electron chi connectivity index (χ4n) is 3.89. The normalized spacial score (nSPS) is 15.8. The summed E-state index contributed by atoms with van der Waals surface area (Å²) in [6.07, 6.45) is 2.62. The van der Waals surface area contributed by atoms with Gasteiger partial charge in [-0.05, 0) is 42.0 Å². The highest BCUT2D eigenvalue weighted by Gasteiger charge is 2.53. The number of aromatic nitrogens is 1. The van der Waals surface area contributed by atoms with Crippen LogP contribution in [0.2, 0.25) is 5.15 Å². The minimum atomic E-state index is -0.993. The summed E-state index contributed by atoms with van der Waals surface area (Å²) < 4.78 is 0. The maximum atomic E-state index is 11.3. The lowest BCUT2D eigenvalue weighted by Crippen LogP contribution is -2.51. The Hall–Kier alpha value is -2.78. The van der Waals surface area contributed by atoms with Gasteiger partial charge in [-0.25, -0.2) is 9.78 Å². The van der Waals surface area contributed by atoms with Crippen molar-refractivity contribution >= 4 is 23.4 Å². The number of amides is 1. The summed E-state index contributed by atoms with van der Waals surface area (Å²) in [4.78, 5) is 15.6. The van der Waals surface area contributed by atoms with Gasteiger partial charge in [0.05, 0.1) is 23.5 Å². The summed E-state index contributed by atoms with van der Waals surface area (Å²) in [6, 6.07) is 11.1. The van der Waals surface area contributed by atoms with E-state index in [0.717, 1.165) is 29.7 Å². The molecule has 0 aliphatic heterocycles. The molecule has 0 saturated heterocycles. The van der Waals surface area contributed by atoms with Crippen LogP contribution in [0.4, 0.5) is 10.5 Å². The molecule has 1 aromatic heterocycles. The molecule has 2 aromatic rings. The topological polar surface area (TPSA) is 98.0 Å². The van der Waals surface area contributed by atoms with Crippen molar-refractivity contribution in [1.82, 2.24) is 10.3 Å². The monoisotopic (exact) mass is 412 g/mol. The van der Waals surface area contributed by atoms with E-state index in [-0.39, 0.29) is 16.9 Å². The highest BCUT2D eigenvalue weighted by Crippen LogP contribution is 2.53. The molecule has 7 heteroatoms. The molecule has 6 nitrogen and oxygen atoms in total. The summed E-state index contributed by atoms with van der Waals surface area (Å²) in [7, 11) is 0. The van der Waals surface area contributed by atoms with Crippen LogP contribution in [0, 0.1) is 22.2 Å². The van der Waals surface area contributed by atoms with Crippen LogP contribution in [0.25, 0.3) is 11.1 Å². The highest BCUT2D eigenvalue weighted by atomic mass is 35.5. The number of nitriles is 1. The Kier molecular flexibility index (Phi) is 5.72. The molecule has 3 rings (SSSR count). The van der Waals surface area contributed by atoms with Gasteiger partial charge in [-0.1, -0.05) is 44.5 Å². The minimum absolute atomic E-state index is 0.120. The van der Waals surface area contributed by atoms with Crippen molar-refractivity contribution in [2.24, 2.45) is 10.8 Å². The number of nitrogens with zero attached hydrogens (tertiary/aromatic N) is 2. The van der Waals surface area contributed by atoms with Crippen LogP contribution in [-0.2, 0) is 0 Å². The molecule has 1 fully saturated rings. The van der Waals surface area contributed by atoms with Gasteiger partial charge in [-0.15, -0.1) is 0 Å². The third-order valence-corrected chi connectivity index (χ3v) is 5.75. The highest BCUT2D eigenvalue weighted by molar-refractivity contribution is 6.32. The number of pyridine rings is 1. The molecular formula is C22H25ClN4O2. The minimum Gasteiger partial charge on any atom is -0.465 e. The summed E-state index contributed by atoms with van der Waals surface area (Å²) in [5, 5.41) is 24.8. The zero-order valence-electron chi connectivity index (χ0n) is 16.8. The van der Waals surface area contributed by atoms with E-state index in [0.29, 0.717) is 17.3 Å². The molecule has 1 atom stereocenters. The number of carbonyl (C=O) groups is 1. The van der Waals surface area contributed by atoms with E-state index < -0.39 is 6.09 Å². The quantitative estimate of drug-likeness (QED) is 0.570. The number of benzene rings is 1. The first-order valence-corrected chi connectivity index (χ1v) is 9.92. The Morgan fingerprint density at radius 2 is 2.00 bits per heavy atom. The lowest BCUT2D eigenvalue weighted by Gasteiger charge is -2.37. The molecule has 1 aliphatic carbocycles. The van der Waals surface area contributed by atoms with Crippen LogP contribution in [-0.4, -0.2) is 28.8 Å². The Morgan fingerprint density at radius 1 is 1.34 bits per heavy atom. The zero-order chi connectivity index (χ0) is 21.2. The third kappa shape index (κ3) is 4.80. The van der Waals surface area contributed by atoms with Gasteiger partial charge >= 0.3 is 6.09 Å². The summed E-state index contributed by atoms with van der Waals surface area (Å²) in [5.41, 5.74) is 2.76. The van der Waals surface area contributed by atoms with E-state index in [4.69, 9.17) is 16.9 Å². The fraction of sp³-hybridized carbons (Fsp3) is 0.409. The van der Waals surface area contributed by atoms with Gasteiger partial charge in [0, 0.05) is 23.6 Å². The second kappa shape index (κ2) is 7.92. The second-order valence-electron chi connectivity index (χ2n) is 8.72. The number of nitrogens with one attached hydrogen (secondary N) is 2. The Balaban J connectivity index is 1.78. The predicted molar refractivity (Wildman–Crippen MR) is 114 cm³/mol. The standard InChI is InChI=1S/C22H25ClN4O2/c1-21(2,3)19(27-20(28)29)22(8-9-22)13-26-16-10-17(18(23)25-12-16)15-6-4-14(11-24)5-7-15/h4-7,10,12,19,26-27H,8-9,13H2,1-3H3,(H,28,29). The van der Waals surface area contributed by atoms with Gasteiger partial charge in [0.1, 0.15) is 5.15 Å². The second-order valence-corrected chi connectivity index (χ2v) is 9.07. The van der Waals surface area contributed by atoms with E-state index in [1.807, 2.05) is 18.2 Å². The van der Waals surface area contributed by atoms with Crippen LogP contribution >= 0.6 is 11.6 Å². The van der Waals surface area contributed by atoms with E-state index in [1.54, 1.807) is 18.3 Å². The third-order valence-electron chi connectivity index (χ3n) is 5.45. The Labute approximate surface area is 175 Å². The van der Waals surface area contributed by atoms with E-state index in [9.17, 15) is 9.90 Å². The smallest absolute Gasteiger partial charge is 0.404 e. The number of halogens is 1. The van der Waals surface area contributed by atoms with Crippen molar-refractivity contribution in [1.29, 1.82) is 5.26 Å². The molecule has 152 valence electrons. The maximum Gasteiger partial charge on any atom is 0.404 e. The van der Waals surface area contributed by atoms with Gasteiger partial charge in [0.25, 0.3) is 0 Å². The fourth-order valence-corrected chi connectivity index (χ4v) is 4.10. The number of rotatable bonds is 6. The van der Waals surface area contributed by atoms with Crippen molar-refractivity contribution in [2.75, 3.05) is 11.9 Å². The molecule has 1 aromatic carbocycles. The average Bonchev–Trinajstić information content (AvgIpc) is 3.45. The molecule has 0 spiro atoms. The van der Waals surface area contributed by atoms with Crippen molar-refractivity contribution in [3.05, 3.63) is 47.2 Å². The van der Waals surface area contributed by atoms with Crippen LogP contribution in [0.15, 0.2) is 36.5 Å². The van der Waals surface area contributed by atoms with E-state index in [2.05, 4.69) is 42.5 Å². The molecule has 0 radical (unpaired) electrons. The number of anilines is 1. The first-order valence-electron chi connectivity index (χ1n) is 9.54. The molecule has 1 amide bonds. The molecule has 3 N–H and O–H groups in total. The SMILES string of the molecule is CC(C)(C)C(NC(=O)O)C1(CNc2cnc(Cl)c(-c3ccc(C#N)cc3)c2)CC1. The first kappa shape index (κ1) is 20.9. The number of carboxylic acid groups (broad SMARTS) is 1. The van der Waals surface area contributed by atoms with Crippen LogP contribution in [0.5, 0.6) is 0 Å². The maximum absolute atomic E-state index is 11.3. The Bertz CT molecular complexity index is 941. The van der Waals surface area contributed by atoms with Gasteiger partial charge in [-0.2, -0.15) is 5.26 Å². The molecule has 1 aliphatic rings. The zero-order valence-corrected chi connectivity index (χ0v) is 17.5. The van der Waals surface area contributed by atoms with Gasteiger partial charge in [0.15, 0.2) is 0 Å². The number of hydrogen-bond donors (Lipinski definition) is 3. The van der Waals surface area contributed by atoms with Crippen molar-refractivity contribution < 1.29 is 9.90 Å². The van der Waals surface area contributed by atoms with Crippen LogP contribution in [0.1, 0.15) is 39.2 Å². The summed E-state index contributed by atoms with van der Waals surface area (Å²) >= 11 is 6.30. The average molecular weight is 413 g/mol. The molecule has 29 heavy (non-hydrogen) atoms. The summed E-state index contributed by atoms with van der Waals surface area (Å²) in [5.74, 6) is 0. The largest absolute Gasteiger partial charge is 0.465 e. The summed E-state index contributed by atoms with van der Waals surface area (Å²) in [6.45, 7) is 6.81. The Morgan fingerprint density at radius 3 is 2.52 bits per heavy atom. The van der Waals surface area contributed by atoms with Gasteiger partial charge < -0.3 is 15.7 Å². The van der Waals surface area contributed by atoms with Crippen LogP contribution in [0.3, 0.4) is 0 Å². The van der Waals surface area contributed by atoms with Gasteiger partial charge in [0.2, 0.25) is 0 Å². The lowest BCUT2D eigenvalue weighted by atomic mass is 9.76. The predicted octanol–water partition coefficient (Wildman–Crippen LogP) is 5.15. The molecule has 1 saturated carbocycles. The van der Waals surface area contributed by atoms with Crippen molar-refractivity contribution in [3.63, 3.8) is 0 Å². The van der Waals surface area contributed by atoms with Gasteiger partial charge in [-0.3, -0.25) is 0 Å². The molecule has 1 heterocycles. The first-order chi connectivity index (χ1) is 13.6. The molecule has 1 unspecified atom stereocenters. The number of hydrogen-bond acceptors (Lipinski definition) is 4. The van der Waals surface area contributed by atoms with E-state index in [1.165, 1.54) is 0 Å². The lowest BCUT2D eigenvalue weighted by molar-refractivity contribution is 0.148. The molecule has 0 bridgehead atoms. The van der Waals surface area contributed by atoms with Crippen molar-refractivity contribution in [2.45, 2.75) is 39.7 Å². The van der Waals surface area contributed by atoms with Crippen molar-refractivity contribution in [3.8, 4) is 17.2 Å².